The Morgan fingerprint density at radius 3 is 2.73 bits per heavy atom. The van der Waals surface area contributed by atoms with Crippen LogP contribution in [0, 0.1) is 5.82 Å². The van der Waals surface area contributed by atoms with Crippen LogP contribution >= 0.6 is 15.9 Å². The Kier molecular flexibility index (Phi) is 4.42. The van der Waals surface area contributed by atoms with Crippen LogP contribution < -0.4 is 0 Å². The molecule has 0 aromatic heterocycles. The molecule has 2 nitrogen and oxygen atoms in total. The maximum Gasteiger partial charge on any atom is 0.165 e. The van der Waals surface area contributed by atoms with E-state index in [9.17, 15) is 9.18 Å². The molecule has 1 aromatic rings. The van der Waals surface area contributed by atoms with Gasteiger partial charge < -0.3 is 4.74 Å². The lowest BCUT2D eigenvalue weighted by atomic mass is 10.0. The summed E-state index contributed by atoms with van der Waals surface area (Å²) in [7, 11) is 1.51. The number of hydrogen-bond donors (Lipinski definition) is 0. The summed E-state index contributed by atoms with van der Waals surface area (Å²) in [4.78, 5) is 11.6. The number of benzene rings is 1. The van der Waals surface area contributed by atoms with E-state index in [0.717, 1.165) is 0 Å². The summed E-state index contributed by atoms with van der Waals surface area (Å²) in [6, 6.07) is 3.27. The second kappa shape index (κ2) is 5.37. The fourth-order valence-electron chi connectivity index (χ4n) is 1.34. The fourth-order valence-corrected chi connectivity index (χ4v) is 1.68. The van der Waals surface area contributed by atoms with Gasteiger partial charge in [-0.05, 0) is 27.6 Å². The van der Waals surface area contributed by atoms with Gasteiger partial charge in [0.05, 0.1) is 16.6 Å². The van der Waals surface area contributed by atoms with Gasteiger partial charge in [-0.15, -0.1) is 0 Å². The predicted molar refractivity (Wildman–Crippen MR) is 59.4 cm³/mol. The highest BCUT2D eigenvalue weighted by Crippen LogP contribution is 2.24. The SMILES string of the molecule is CCC(=O)c1c(COC)ccc(Br)c1F. The Balaban J connectivity index is 3.28. The molecule has 0 N–H and O–H groups in total. The van der Waals surface area contributed by atoms with Crippen molar-refractivity contribution >= 4 is 21.7 Å². The number of carbonyl (C=O) groups is 1. The number of ether oxygens (including phenoxy) is 1. The molecule has 1 aromatic carbocycles. The van der Waals surface area contributed by atoms with Crippen LogP contribution in [0.3, 0.4) is 0 Å². The van der Waals surface area contributed by atoms with Gasteiger partial charge >= 0.3 is 0 Å². The maximum absolute atomic E-state index is 13.7. The van der Waals surface area contributed by atoms with Gasteiger partial charge in [0.2, 0.25) is 0 Å². The van der Waals surface area contributed by atoms with Gasteiger partial charge in [0.15, 0.2) is 5.78 Å². The monoisotopic (exact) mass is 274 g/mol. The van der Waals surface area contributed by atoms with Crippen LogP contribution in [0.2, 0.25) is 0 Å². The van der Waals surface area contributed by atoms with Crippen LogP contribution in [0.5, 0.6) is 0 Å². The molecule has 15 heavy (non-hydrogen) atoms. The molecule has 0 aliphatic rings. The minimum absolute atomic E-state index is 0.133. The van der Waals surface area contributed by atoms with E-state index < -0.39 is 5.82 Å². The molecule has 4 heteroatoms. The van der Waals surface area contributed by atoms with Crippen molar-refractivity contribution in [3.8, 4) is 0 Å². The van der Waals surface area contributed by atoms with E-state index in [1.807, 2.05) is 0 Å². The lowest BCUT2D eigenvalue weighted by Crippen LogP contribution is -2.07. The molecule has 0 fully saturated rings. The number of Topliss-reactive ketones (excluding diaryl/α,β-unsaturated/α-hetero) is 1. The Morgan fingerprint density at radius 2 is 2.20 bits per heavy atom. The Bertz CT molecular complexity index is 377. The molecular formula is C11H12BrFO2. The van der Waals surface area contributed by atoms with Crippen molar-refractivity contribution in [2.45, 2.75) is 20.0 Å². The molecule has 0 heterocycles. The Labute approximate surface area is 96.6 Å². The summed E-state index contributed by atoms with van der Waals surface area (Å²) >= 11 is 3.06. The summed E-state index contributed by atoms with van der Waals surface area (Å²) in [5.74, 6) is -0.711. The van der Waals surface area contributed by atoms with Crippen LogP contribution in [-0.2, 0) is 11.3 Å². The van der Waals surface area contributed by atoms with Gasteiger partial charge in [-0.3, -0.25) is 4.79 Å². The highest BCUT2D eigenvalue weighted by molar-refractivity contribution is 9.10. The summed E-state index contributed by atoms with van der Waals surface area (Å²) in [6.45, 7) is 1.95. The number of methoxy groups -OCH3 is 1. The van der Waals surface area contributed by atoms with Crippen molar-refractivity contribution in [3.05, 3.63) is 33.5 Å². The van der Waals surface area contributed by atoms with Crippen molar-refractivity contribution in [1.29, 1.82) is 0 Å². The first-order valence-corrected chi connectivity index (χ1v) is 5.40. The number of ketones is 1. The van der Waals surface area contributed by atoms with Gasteiger partial charge in [-0.2, -0.15) is 0 Å². The minimum atomic E-state index is -0.503. The summed E-state index contributed by atoms with van der Waals surface area (Å²) in [5, 5.41) is 0. The third-order valence-corrected chi connectivity index (χ3v) is 2.69. The third-order valence-electron chi connectivity index (χ3n) is 2.08. The molecule has 0 amide bonds. The van der Waals surface area contributed by atoms with Gasteiger partial charge in [-0.25, -0.2) is 4.39 Å². The topological polar surface area (TPSA) is 26.3 Å². The average molecular weight is 275 g/mol. The van der Waals surface area contributed by atoms with E-state index in [1.54, 1.807) is 19.1 Å². The van der Waals surface area contributed by atoms with E-state index in [1.165, 1.54) is 7.11 Å². The van der Waals surface area contributed by atoms with E-state index >= 15 is 0 Å². The minimum Gasteiger partial charge on any atom is -0.380 e. The van der Waals surface area contributed by atoms with Gasteiger partial charge in [-0.1, -0.05) is 13.0 Å². The molecule has 0 bridgehead atoms. The molecule has 0 spiro atoms. The second-order valence-electron chi connectivity index (χ2n) is 3.11. The number of rotatable bonds is 4. The van der Waals surface area contributed by atoms with Crippen LogP contribution in [-0.4, -0.2) is 12.9 Å². The number of carbonyl (C=O) groups excluding carboxylic acids is 1. The van der Waals surface area contributed by atoms with Crippen molar-refractivity contribution < 1.29 is 13.9 Å². The van der Waals surface area contributed by atoms with E-state index in [2.05, 4.69) is 15.9 Å². The molecular weight excluding hydrogens is 263 g/mol. The van der Waals surface area contributed by atoms with Crippen LogP contribution in [0.4, 0.5) is 4.39 Å². The third kappa shape index (κ3) is 2.63. The zero-order chi connectivity index (χ0) is 11.4. The smallest absolute Gasteiger partial charge is 0.165 e. The van der Waals surface area contributed by atoms with Crippen molar-refractivity contribution in [2.24, 2.45) is 0 Å². The molecule has 0 atom stereocenters. The zero-order valence-corrected chi connectivity index (χ0v) is 10.2. The molecule has 0 aliphatic carbocycles. The first kappa shape index (κ1) is 12.3. The highest BCUT2D eigenvalue weighted by atomic mass is 79.9. The quantitative estimate of drug-likeness (QED) is 0.788. The summed E-state index contributed by atoms with van der Waals surface area (Å²) < 4.78 is 18.9. The lowest BCUT2D eigenvalue weighted by molar-refractivity contribution is 0.0978. The van der Waals surface area contributed by atoms with Crippen molar-refractivity contribution in [1.82, 2.24) is 0 Å². The standard InChI is InChI=1S/C11H12BrFO2/c1-3-9(14)10-7(6-15-2)4-5-8(12)11(10)13/h4-5H,3,6H2,1-2H3. The number of hydrogen-bond acceptors (Lipinski definition) is 2. The van der Waals surface area contributed by atoms with Gasteiger partial charge in [0.1, 0.15) is 5.82 Å². The molecule has 0 aliphatic heterocycles. The van der Waals surface area contributed by atoms with E-state index in [0.29, 0.717) is 10.0 Å². The molecule has 0 saturated heterocycles. The first-order chi connectivity index (χ1) is 7.11. The van der Waals surface area contributed by atoms with E-state index in [4.69, 9.17) is 4.74 Å². The Hall–Kier alpha value is -0.740. The van der Waals surface area contributed by atoms with Crippen LogP contribution in [0.25, 0.3) is 0 Å². The summed E-state index contributed by atoms with van der Waals surface area (Å²) in [6.07, 6.45) is 0.282. The van der Waals surface area contributed by atoms with Gasteiger partial charge in [0, 0.05) is 13.5 Å². The molecule has 82 valence electrons. The summed E-state index contributed by atoms with van der Waals surface area (Å²) in [5.41, 5.74) is 0.721. The van der Waals surface area contributed by atoms with Gasteiger partial charge in [0.25, 0.3) is 0 Å². The average Bonchev–Trinajstić information content (AvgIpc) is 2.23. The first-order valence-electron chi connectivity index (χ1n) is 4.60. The predicted octanol–water partition coefficient (Wildman–Crippen LogP) is 3.33. The van der Waals surface area contributed by atoms with E-state index in [-0.39, 0.29) is 24.4 Å². The number of halogens is 2. The van der Waals surface area contributed by atoms with Crippen molar-refractivity contribution in [2.75, 3.05) is 7.11 Å². The largest absolute Gasteiger partial charge is 0.380 e. The van der Waals surface area contributed by atoms with Crippen molar-refractivity contribution in [3.63, 3.8) is 0 Å². The molecule has 1 rings (SSSR count). The zero-order valence-electron chi connectivity index (χ0n) is 8.64. The van der Waals surface area contributed by atoms with Crippen LogP contribution in [0.15, 0.2) is 16.6 Å². The molecule has 0 unspecified atom stereocenters. The molecule has 0 radical (unpaired) electrons. The maximum atomic E-state index is 13.7. The van der Waals surface area contributed by atoms with Crippen LogP contribution in [0.1, 0.15) is 29.3 Å². The highest BCUT2D eigenvalue weighted by Gasteiger charge is 2.17. The Morgan fingerprint density at radius 1 is 1.53 bits per heavy atom. The normalized spacial score (nSPS) is 10.4. The fraction of sp³-hybridized carbons (Fsp3) is 0.364. The molecule has 0 saturated carbocycles. The lowest BCUT2D eigenvalue weighted by Gasteiger charge is -2.09. The second-order valence-corrected chi connectivity index (χ2v) is 3.96.